The first-order valence-electron chi connectivity index (χ1n) is 7.74. The monoisotopic (exact) mass is 359 g/mol. The van der Waals surface area contributed by atoms with Gasteiger partial charge in [0.15, 0.2) is 0 Å². The molecule has 0 saturated heterocycles. The van der Waals surface area contributed by atoms with Gasteiger partial charge in [0.1, 0.15) is 11.6 Å². The zero-order valence-corrected chi connectivity index (χ0v) is 14.6. The lowest BCUT2D eigenvalue weighted by atomic mass is 9.69. The fourth-order valence-electron chi connectivity index (χ4n) is 3.16. The minimum Gasteiger partial charge on any atom is -0.380 e. The van der Waals surface area contributed by atoms with Crippen LogP contribution in [0.15, 0.2) is 16.6 Å². The molecule has 0 amide bonds. The van der Waals surface area contributed by atoms with Crippen LogP contribution in [0.4, 0.5) is 14.5 Å². The van der Waals surface area contributed by atoms with Crippen molar-refractivity contribution in [1.29, 1.82) is 0 Å². The molecular formula is C17H24BrF2N. The van der Waals surface area contributed by atoms with E-state index in [1.807, 2.05) is 0 Å². The van der Waals surface area contributed by atoms with Gasteiger partial charge in [0, 0.05) is 12.1 Å². The predicted molar refractivity (Wildman–Crippen MR) is 87.5 cm³/mol. The Morgan fingerprint density at radius 1 is 1.14 bits per heavy atom. The summed E-state index contributed by atoms with van der Waals surface area (Å²) in [7, 11) is 0. The van der Waals surface area contributed by atoms with Crippen LogP contribution in [0.2, 0.25) is 0 Å². The second kappa shape index (κ2) is 6.64. The van der Waals surface area contributed by atoms with Gasteiger partial charge >= 0.3 is 0 Å². The van der Waals surface area contributed by atoms with Crippen LogP contribution in [0.25, 0.3) is 0 Å². The average molecular weight is 360 g/mol. The highest BCUT2D eigenvalue weighted by Crippen LogP contribution is 2.41. The minimum atomic E-state index is -0.431. The molecule has 0 aliphatic heterocycles. The zero-order chi connectivity index (χ0) is 15.6. The molecule has 0 atom stereocenters. The molecule has 1 saturated carbocycles. The Labute approximate surface area is 134 Å². The molecule has 0 bridgehead atoms. The topological polar surface area (TPSA) is 12.0 Å². The highest BCUT2D eigenvalue weighted by Gasteiger charge is 2.31. The van der Waals surface area contributed by atoms with Crippen LogP contribution in [0.1, 0.15) is 52.9 Å². The Kier molecular flexibility index (Phi) is 5.29. The lowest BCUT2D eigenvalue weighted by molar-refractivity contribution is 0.147. The smallest absolute Gasteiger partial charge is 0.147 e. The molecule has 0 aromatic heterocycles. The number of halogens is 3. The van der Waals surface area contributed by atoms with E-state index in [-0.39, 0.29) is 16.2 Å². The quantitative estimate of drug-likeness (QED) is 0.637. The summed E-state index contributed by atoms with van der Waals surface area (Å²) >= 11 is 3.00. The van der Waals surface area contributed by atoms with Gasteiger partial charge in [-0.1, -0.05) is 27.2 Å². The van der Waals surface area contributed by atoms with Crippen molar-refractivity contribution < 1.29 is 8.78 Å². The summed E-state index contributed by atoms with van der Waals surface area (Å²) in [5.74, 6) is -0.106. The Morgan fingerprint density at radius 3 is 2.33 bits per heavy atom. The second-order valence-corrected chi connectivity index (χ2v) is 7.64. The summed E-state index contributed by atoms with van der Waals surface area (Å²) in [6.07, 6.45) is 5.52. The molecule has 0 spiro atoms. The molecule has 1 nitrogen and oxygen atoms in total. The van der Waals surface area contributed by atoms with Gasteiger partial charge in [-0.25, -0.2) is 8.78 Å². The van der Waals surface area contributed by atoms with Gasteiger partial charge in [-0.15, -0.1) is 0 Å². The summed E-state index contributed by atoms with van der Waals surface area (Å²) in [6.45, 7) is 6.90. The van der Waals surface area contributed by atoms with Gasteiger partial charge in [0.2, 0.25) is 0 Å². The van der Waals surface area contributed by atoms with Crippen LogP contribution in [0, 0.1) is 23.0 Å². The fraction of sp³-hybridized carbons (Fsp3) is 0.647. The van der Waals surface area contributed by atoms with Crippen molar-refractivity contribution in [1.82, 2.24) is 0 Å². The third-order valence-corrected chi connectivity index (χ3v) is 5.72. The van der Waals surface area contributed by atoms with Crippen molar-refractivity contribution in [3.63, 3.8) is 0 Å². The number of hydrogen-bond donors (Lipinski definition) is 1. The van der Waals surface area contributed by atoms with Crippen molar-refractivity contribution in [3.8, 4) is 0 Å². The van der Waals surface area contributed by atoms with Crippen LogP contribution < -0.4 is 5.32 Å². The first-order chi connectivity index (χ1) is 9.83. The molecule has 1 aliphatic rings. The Morgan fingerprint density at radius 2 is 1.76 bits per heavy atom. The Balaban J connectivity index is 1.97. The van der Waals surface area contributed by atoms with Crippen LogP contribution in [0.5, 0.6) is 0 Å². The number of hydrogen-bond acceptors (Lipinski definition) is 1. The molecule has 1 N–H and O–H groups in total. The van der Waals surface area contributed by atoms with Crippen molar-refractivity contribution in [3.05, 3.63) is 28.2 Å². The molecule has 1 aliphatic carbocycles. The van der Waals surface area contributed by atoms with Crippen molar-refractivity contribution in [2.24, 2.45) is 11.3 Å². The molecule has 21 heavy (non-hydrogen) atoms. The first kappa shape index (κ1) is 16.7. The molecule has 118 valence electrons. The van der Waals surface area contributed by atoms with Gasteiger partial charge < -0.3 is 5.32 Å². The molecule has 0 radical (unpaired) electrons. The van der Waals surface area contributed by atoms with Gasteiger partial charge in [0.25, 0.3) is 0 Å². The molecule has 1 aromatic rings. The highest BCUT2D eigenvalue weighted by molar-refractivity contribution is 9.10. The third kappa shape index (κ3) is 3.97. The number of rotatable bonds is 4. The van der Waals surface area contributed by atoms with Crippen molar-refractivity contribution in [2.45, 2.75) is 58.9 Å². The van der Waals surface area contributed by atoms with E-state index in [1.54, 1.807) is 0 Å². The number of nitrogens with one attached hydrogen (secondary N) is 1. The molecule has 2 rings (SSSR count). The van der Waals surface area contributed by atoms with Gasteiger partial charge in [-0.05, 0) is 59.0 Å². The number of benzene rings is 1. The van der Waals surface area contributed by atoms with Crippen LogP contribution in [0.3, 0.4) is 0 Å². The molecule has 0 unspecified atom stereocenters. The van der Waals surface area contributed by atoms with Crippen LogP contribution in [-0.4, -0.2) is 6.04 Å². The molecular weight excluding hydrogens is 336 g/mol. The average Bonchev–Trinajstić information content (AvgIpc) is 2.45. The highest BCUT2D eigenvalue weighted by atomic mass is 79.9. The van der Waals surface area contributed by atoms with Crippen molar-refractivity contribution in [2.75, 3.05) is 5.32 Å². The van der Waals surface area contributed by atoms with Crippen LogP contribution in [-0.2, 0) is 0 Å². The van der Waals surface area contributed by atoms with E-state index in [9.17, 15) is 8.78 Å². The maximum absolute atomic E-state index is 13.8. The second-order valence-electron chi connectivity index (χ2n) is 6.78. The summed E-state index contributed by atoms with van der Waals surface area (Å²) in [4.78, 5) is 0. The first-order valence-corrected chi connectivity index (χ1v) is 8.54. The largest absolute Gasteiger partial charge is 0.380 e. The predicted octanol–water partition coefficient (Wildman–Crippen LogP) is 6.13. The lowest BCUT2D eigenvalue weighted by Crippen LogP contribution is -2.32. The molecule has 1 fully saturated rings. The van der Waals surface area contributed by atoms with E-state index < -0.39 is 11.6 Å². The summed E-state index contributed by atoms with van der Waals surface area (Å²) in [6, 6.07) is 2.66. The zero-order valence-electron chi connectivity index (χ0n) is 13.0. The normalized spacial score (nSPS) is 23.1. The van der Waals surface area contributed by atoms with Gasteiger partial charge in [-0.3, -0.25) is 0 Å². The molecule has 0 heterocycles. The van der Waals surface area contributed by atoms with E-state index in [0.717, 1.165) is 31.6 Å². The van der Waals surface area contributed by atoms with Gasteiger partial charge in [0.05, 0.1) is 10.2 Å². The summed E-state index contributed by atoms with van der Waals surface area (Å²) in [5.41, 5.74) is 0.647. The Bertz CT molecular complexity index is 494. The van der Waals surface area contributed by atoms with E-state index in [2.05, 4.69) is 42.0 Å². The SMILES string of the molecule is CCC(C)(C)C1CCC(Nc2cc(F)c(Br)cc2F)CC1. The number of anilines is 1. The Hall–Kier alpha value is -0.640. The van der Waals surface area contributed by atoms with E-state index in [4.69, 9.17) is 0 Å². The maximum Gasteiger partial charge on any atom is 0.147 e. The third-order valence-electron chi connectivity index (χ3n) is 5.11. The maximum atomic E-state index is 13.8. The summed E-state index contributed by atoms with van der Waals surface area (Å²) in [5, 5.41) is 3.17. The molecule has 1 aromatic carbocycles. The van der Waals surface area contributed by atoms with Crippen molar-refractivity contribution >= 4 is 21.6 Å². The van der Waals surface area contributed by atoms with Gasteiger partial charge in [-0.2, -0.15) is 0 Å². The van der Waals surface area contributed by atoms with Crippen LogP contribution >= 0.6 is 15.9 Å². The van der Waals surface area contributed by atoms with E-state index in [0.29, 0.717) is 5.41 Å². The van der Waals surface area contributed by atoms with E-state index in [1.165, 1.54) is 18.6 Å². The fourth-order valence-corrected chi connectivity index (χ4v) is 3.48. The lowest BCUT2D eigenvalue weighted by Gasteiger charge is -2.39. The van der Waals surface area contributed by atoms with E-state index >= 15 is 0 Å². The standard InChI is InChI=1S/C17H24BrF2N/c1-4-17(2,3)11-5-7-12(8-6-11)21-16-10-14(19)13(18)9-15(16)20/h9-12,21H,4-8H2,1-3H3. The minimum absolute atomic E-state index is 0.166. The summed E-state index contributed by atoms with van der Waals surface area (Å²) < 4.78 is 27.5. The molecule has 4 heteroatoms.